The highest BCUT2D eigenvalue weighted by molar-refractivity contribution is 7.99. The van der Waals surface area contributed by atoms with Crippen LogP contribution in [0.3, 0.4) is 0 Å². The molecule has 1 atom stereocenters. The van der Waals surface area contributed by atoms with Crippen LogP contribution in [0, 0.1) is 36.5 Å². The number of hydrogen-bond donors (Lipinski definition) is 1. The smallest absolute Gasteiger partial charge is 0.235 e. The third-order valence-electron chi connectivity index (χ3n) is 7.65. The lowest BCUT2D eigenvalue weighted by molar-refractivity contribution is -0.113. The minimum atomic E-state index is -0.165. The molecule has 1 N–H and O–H groups in total. The third kappa shape index (κ3) is 6.74. The first kappa shape index (κ1) is 28.9. The van der Waals surface area contributed by atoms with Crippen LogP contribution in [0.4, 0.5) is 5.00 Å². The molecule has 1 aliphatic carbocycles. The van der Waals surface area contributed by atoms with Crippen molar-refractivity contribution in [1.29, 1.82) is 5.26 Å². The first-order valence-electron chi connectivity index (χ1n) is 13.4. The molecule has 0 radical (unpaired) electrons. The second kappa shape index (κ2) is 12.4. The molecule has 4 rings (SSSR count). The Kier molecular flexibility index (Phi) is 9.19. The number of thiophene rings is 1. The predicted molar refractivity (Wildman–Crippen MR) is 158 cm³/mol. The minimum absolute atomic E-state index is 0.159. The molecule has 2 aromatic heterocycles. The Hall–Kier alpha value is -3.09. The van der Waals surface area contributed by atoms with Crippen molar-refractivity contribution in [3.8, 4) is 11.8 Å². The van der Waals surface area contributed by atoms with Crippen LogP contribution in [0.2, 0.25) is 0 Å². The van der Waals surface area contributed by atoms with E-state index in [-0.39, 0.29) is 23.7 Å². The molecule has 39 heavy (non-hydrogen) atoms. The molecule has 0 saturated carbocycles. The molecule has 2 heterocycles. The maximum absolute atomic E-state index is 13.0. The molecule has 206 valence electrons. The molecule has 0 spiro atoms. The van der Waals surface area contributed by atoms with Crippen molar-refractivity contribution in [1.82, 2.24) is 14.8 Å². The summed E-state index contributed by atoms with van der Waals surface area (Å²) in [4.78, 5) is 14.2. The Balaban J connectivity index is 1.41. The Morgan fingerprint density at radius 1 is 1.33 bits per heavy atom. The fourth-order valence-corrected chi connectivity index (χ4v) is 7.11. The van der Waals surface area contributed by atoms with E-state index < -0.39 is 0 Å². The van der Waals surface area contributed by atoms with E-state index in [4.69, 9.17) is 4.74 Å². The normalized spacial score (nSPS) is 14.9. The van der Waals surface area contributed by atoms with Gasteiger partial charge in [-0.15, -0.1) is 28.1 Å². The van der Waals surface area contributed by atoms with Gasteiger partial charge in [-0.25, -0.2) is 0 Å². The first-order valence-corrected chi connectivity index (χ1v) is 15.2. The molecule has 7 nitrogen and oxygen atoms in total. The predicted octanol–water partition coefficient (Wildman–Crippen LogP) is 6.87. The topological polar surface area (TPSA) is 92.8 Å². The number of ether oxygens (including phenoxy) is 1. The van der Waals surface area contributed by atoms with Crippen molar-refractivity contribution in [2.45, 2.75) is 78.6 Å². The number of hydrogen-bond acceptors (Lipinski definition) is 7. The number of rotatable bonds is 11. The lowest BCUT2D eigenvalue weighted by Gasteiger charge is -2.36. The van der Waals surface area contributed by atoms with Gasteiger partial charge in [-0.1, -0.05) is 51.1 Å². The maximum Gasteiger partial charge on any atom is 0.235 e. The third-order valence-corrected chi connectivity index (χ3v) is 9.78. The summed E-state index contributed by atoms with van der Waals surface area (Å²) in [6, 6.07) is 8.43. The van der Waals surface area contributed by atoms with Gasteiger partial charge in [0.2, 0.25) is 5.91 Å². The number of amides is 1. The second-order valence-corrected chi connectivity index (χ2v) is 12.9. The summed E-state index contributed by atoms with van der Waals surface area (Å²) in [7, 11) is 0. The zero-order valence-corrected chi connectivity index (χ0v) is 25.1. The van der Waals surface area contributed by atoms with Gasteiger partial charge in [-0.3, -0.25) is 9.36 Å². The molecule has 0 aliphatic heterocycles. The van der Waals surface area contributed by atoms with Crippen molar-refractivity contribution in [2.75, 3.05) is 11.1 Å². The van der Waals surface area contributed by atoms with Crippen molar-refractivity contribution >= 4 is 34.0 Å². The van der Waals surface area contributed by atoms with Gasteiger partial charge >= 0.3 is 0 Å². The number of aryl methyl sites for hydroxylation is 2. The van der Waals surface area contributed by atoms with Crippen LogP contribution in [-0.2, 0) is 30.8 Å². The summed E-state index contributed by atoms with van der Waals surface area (Å²) < 4.78 is 7.89. The van der Waals surface area contributed by atoms with Gasteiger partial charge in [0.25, 0.3) is 0 Å². The molecule has 0 saturated heterocycles. The molecule has 1 amide bonds. The first-order chi connectivity index (χ1) is 18.6. The summed E-state index contributed by atoms with van der Waals surface area (Å²) in [6.45, 7) is 15.6. The van der Waals surface area contributed by atoms with Crippen LogP contribution in [0.15, 0.2) is 36.0 Å². The number of anilines is 1. The van der Waals surface area contributed by atoms with Crippen molar-refractivity contribution in [3.63, 3.8) is 0 Å². The van der Waals surface area contributed by atoms with Crippen LogP contribution >= 0.6 is 23.1 Å². The Morgan fingerprint density at radius 3 is 2.74 bits per heavy atom. The van der Waals surface area contributed by atoms with Crippen molar-refractivity contribution < 1.29 is 9.53 Å². The number of nitrogens with one attached hydrogen (secondary N) is 1. The number of allylic oxidation sites excluding steroid dienone is 1. The van der Waals surface area contributed by atoms with Crippen LogP contribution in [-0.4, -0.2) is 26.4 Å². The van der Waals surface area contributed by atoms with Crippen LogP contribution in [0.5, 0.6) is 5.75 Å². The highest BCUT2D eigenvalue weighted by Crippen LogP contribution is 2.45. The van der Waals surface area contributed by atoms with E-state index in [1.807, 2.05) is 30.5 Å². The number of aromatic nitrogens is 3. The SMILES string of the molecule is C=CCn1c(COc2cc(C)cc(C)c2)nnc1SCC(=O)Nc1sc2c(c1C#N)CCC(C(C)(C)CC)C2. The quantitative estimate of drug-likeness (QED) is 0.202. The van der Waals surface area contributed by atoms with Gasteiger partial charge in [0.1, 0.15) is 23.4 Å². The van der Waals surface area contributed by atoms with E-state index in [0.717, 1.165) is 48.1 Å². The highest BCUT2D eigenvalue weighted by Gasteiger charge is 2.34. The summed E-state index contributed by atoms with van der Waals surface area (Å²) in [6.07, 6.45) is 5.84. The Morgan fingerprint density at radius 2 is 2.08 bits per heavy atom. The van der Waals surface area contributed by atoms with E-state index in [0.29, 0.717) is 34.0 Å². The molecular weight excluding hydrogens is 526 g/mol. The van der Waals surface area contributed by atoms with E-state index in [2.05, 4.69) is 55.0 Å². The number of nitrogens with zero attached hydrogens (tertiary/aromatic N) is 4. The van der Waals surface area contributed by atoms with E-state index in [1.165, 1.54) is 16.6 Å². The van der Waals surface area contributed by atoms with Crippen LogP contribution in [0.1, 0.15) is 66.6 Å². The largest absolute Gasteiger partial charge is 0.486 e. The molecular formula is C30H37N5O2S2. The van der Waals surface area contributed by atoms with Crippen LogP contribution in [0.25, 0.3) is 0 Å². The Labute approximate surface area is 239 Å². The molecule has 1 unspecified atom stereocenters. The van der Waals surface area contributed by atoms with Gasteiger partial charge in [0, 0.05) is 11.4 Å². The summed E-state index contributed by atoms with van der Waals surface area (Å²) in [5.41, 5.74) is 4.28. The van der Waals surface area contributed by atoms with Gasteiger partial charge < -0.3 is 10.1 Å². The molecule has 1 aliphatic rings. The lowest BCUT2D eigenvalue weighted by Crippen LogP contribution is -2.28. The average Bonchev–Trinajstić information content (AvgIpc) is 3.45. The fraction of sp³-hybridized carbons (Fsp3) is 0.467. The average molecular weight is 564 g/mol. The van der Waals surface area contributed by atoms with Gasteiger partial charge in [-0.2, -0.15) is 5.26 Å². The minimum Gasteiger partial charge on any atom is -0.486 e. The highest BCUT2D eigenvalue weighted by atomic mass is 32.2. The Bertz CT molecular complexity index is 1380. The van der Waals surface area contributed by atoms with Gasteiger partial charge in [0.05, 0.1) is 11.3 Å². The monoisotopic (exact) mass is 563 g/mol. The van der Waals surface area contributed by atoms with Crippen molar-refractivity contribution in [3.05, 3.63) is 63.8 Å². The summed E-state index contributed by atoms with van der Waals surface area (Å²) in [5, 5.41) is 22.8. The number of thioether (sulfide) groups is 1. The van der Waals surface area contributed by atoms with E-state index >= 15 is 0 Å². The fourth-order valence-electron chi connectivity index (χ4n) is 5.05. The zero-order chi connectivity index (χ0) is 28.2. The second-order valence-electron chi connectivity index (χ2n) is 10.8. The number of benzene rings is 1. The molecule has 1 aromatic carbocycles. The van der Waals surface area contributed by atoms with Crippen molar-refractivity contribution in [2.24, 2.45) is 11.3 Å². The molecule has 0 fully saturated rings. The van der Waals surface area contributed by atoms with Gasteiger partial charge in [-0.05, 0) is 73.3 Å². The lowest BCUT2D eigenvalue weighted by atomic mass is 9.69. The number of fused-ring (bicyclic) bond motifs is 1. The molecule has 9 heteroatoms. The van der Waals surface area contributed by atoms with E-state index in [1.54, 1.807) is 17.4 Å². The number of nitriles is 1. The maximum atomic E-state index is 13.0. The number of carbonyl (C=O) groups excluding carboxylic acids is 1. The van der Waals surface area contributed by atoms with Gasteiger partial charge in [0.15, 0.2) is 11.0 Å². The molecule has 3 aromatic rings. The number of carbonyl (C=O) groups is 1. The zero-order valence-electron chi connectivity index (χ0n) is 23.5. The van der Waals surface area contributed by atoms with E-state index in [9.17, 15) is 10.1 Å². The van der Waals surface area contributed by atoms with Crippen LogP contribution < -0.4 is 10.1 Å². The summed E-state index contributed by atoms with van der Waals surface area (Å²) in [5.74, 6) is 2.03. The molecule has 0 bridgehead atoms. The summed E-state index contributed by atoms with van der Waals surface area (Å²) >= 11 is 2.87. The standard InChI is InChI=1S/C30H37N5O2S2/c1-7-11-35-26(17-37-22-13-19(3)12-20(4)14-22)33-34-29(35)38-18-27(36)32-28-24(16-31)23-10-9-21(15-25(23)39-28)30(5,6)8-2/h7,12-14,21H,1,8-11,15,17-18H2,2-6H3,(H,32,36).